The van der Waals surface area contributed by atoms with Gasteiger partial charge in [-0.05, 0) is 130 Å². The van der Waals surface area contributed by atoms with Crippen LogP contribution in [0.4, 0.5) is 20.5 Å². The van der Waals surface area contributed by atoms with Crippen molar-refractivity contribution in [2.45, 2.75) is 40.2 Å². The quantitative estimate of drug-likeness (QED) is 0.0517. The van der Waals surface area contributed by atoms with E-state index in [4.69, 9.17) is 60.1 Å². The predicted octanol–water partition coefficient (Wildman–Crippen LogP) is 12.4. The molecule has 0 unspecified atom stereocenters. The molecule has 0 atom stereocenters. The van der Waals surface area contributed by atoms with Crippen LogP contribution in [-0.4, -0.2) is 84.5 Å². The van der Waals surface area contributed by atoms with Gasteiger partial charge in [-0.25, -0.2) is 19.9 Å². The Morgan fingerprint density at radius 3 is 1.29 bits per heavy atom. The largest absolute Gasteiger partial charge is 0.483 e. The van der Waals surface area contributed by atoms with Crippen molar-refractivity contribution in [1.29, 1.82) is 0 Å². The maximum Gasteiger partial charge on any atom is 0.231 e. The van der Waals surface area contributed by atoms with Crippen molar-refractivity contribution in [2.75, 3.05) is 6.79 Å². The third kappa shape index (κ3) is 17.5. The highest BCUT2D eigenvalue weighted by Crippen LogP contribution is 2.35. The minimum Gasteiger partial charge on any atom is -0.483 e. The lowest BCUT2D eigenvalue weighted by atomic mass is 10.0. The molecule has 11 aromatic rings. The molecule has 0 saturated heterocycles. The molecule has 1 aliphatic carbocycles. The molecule has 480 valence electrons. The summed E-state index contributed by atoms with van der Waals surface area (Å²) < 4.78 is 21.6. The molecule has 2 aliphatic heterocycles. The van der Waals surface area contributed by atoms with Gasteiger partial charge in [0, 0.05) is 44.2 Å². The Balaban J connectivity index is 0.000000138. The third-order valence-corrected chi connectivity index (χ3v) is 17.7. The van der Waals surface area contributed by atoms with Crippen molar-refractivity contribution < 1.29 is 14.2 Å². The highest BCUT2D eigenvalue weighted by Gasteiger charge is 2.22. The Morgan fingerprint density at radius 2 is 0.874 bits per heavy atom. The van der Waals surface area contributed by atoms with Crippen molar-refractivity contribution in [3.63, 3.8) is 0 Å². The number of rotatable bonds is 8. The Morgan fingerprint density at radius 1 is 0.474 bits per heavy atom. The zero-order valence-corrected chi connectivity index (χ0v) is 55.2. The summed E-state index contributed by atoms with van der Waals surface area (Å²) in [6.45, 7) is 6.11. The predicted molar refractivity (Wildman–Crippen MR) is 396 cm³/mol. The van der Waals surface area contributed by atoms with Crippen LogP contribution in [0.15, 0.2) is 220 Å². The molecule has 95 heavy (non-hydrogen) atoms. The standard InChI is InChI=1S/C20H19N5OS.C16H13N5O2S.C15H14N6S.C14H12BrN5S.CH4/c1-20(2)10-9-12-11-13(7-8-15(12)26-20)17(21)24-18(22)25-19-23-14-5-3-4-6-16(14)27-19;17-14(9-5-6-11-12(7-9)23-8-22-11)20-15(18)21-16-19-10-3-1-2-4-13(10)24-16;1-9-8-10(6-7-18-9)13(16)20-14(17)21-15-19-11-4-2-3-5-12(11)22-15;15-9-5-3-4-8(9)12(16)19-13(17)20-14-18-10-6-1-2-7-11(10)21-14;/h3-11H,1-2H3,(H4,21,22,23,24,25);1-7H,8H2,(H4,17,18,19,20,21);2-8H,1H3,(H4,16,17,19,20,21);1-2,4-7H,3H2,(H4,16,17,18,19,20);1H4. The lowest BCUT2D eigenvalue weighted by molar-refractivity contribution is 0.159. The molecule has 0 bridgehead atoms. The Kier molecular flexibility index (Phi) is 21.2. The van der Waals surface area contributed by atoms with Crippen molar-refractivity contribution in [1.82, 2.24) is 24.9 Å². The van der Waals surface area contributed by atoms with E-state index in [1.165, 1.54) is 45.3 Å². The number of hydrogen-bond donors (Lipinski definition) is 8. The fraction of sp³-hybridized carbons (Fsp3) is 0.106. The van der Waals surface area contributed by atoms with Gasteiger partial charge in [-0.2, -0.15) is 39.9 Å². The molecule has 3 aliphatic rings. The van der Waals surface area contributed by atoms with Crippen LogP contribution in [0.1, 0.15) is 55.6 Å². The first-order chi connectivity index (χ1) is 45.3. The number of pyridine rings is 1. The van der Waals surface area contributed by atoms with Crippen LogP contribution in [0.3, 0.4) is 0 Å². The molecule has 16 N–H and O–H groups in total. The van der Waals surface area contributed by atoms with Crippen molar-refractivity contribution in [2.24, 2.45) is 85.8 Å². The monoisotopic (exact) mass is 1400 g/mol. The molecule has 0 amide bonds. The number of fused-ring (bicyclic) bond motifs is 6. The number of aryl methyl sites for hydroxylation is 1. The molecule has 7 heterocycles. The number of benzene rings is 6. The number of hydrogen-bond acceptors (Lipinski definition) is 16. The number of aliphatic imine (C=N–C) groups is 8. The molecular weight excluding hydrogens is 1340 g/mol. The number of nitrogens with zero attached hydrogens (tertiary/aromatic N) is 13. The average molecular weight is 1410 g/mol. The van der Waals surface area contributed by atoms with Gasteiger partial charge in [0.15, 0.2) is 11.5 Å². The van der Waals surface area contributed by atoms with Crippen LogP contribution in [-0.2, 0) is 0 Å². The highest BCUT2D eigenvalue weighted by atomic mass is 79.9. The highest BCUT2D eigenvalue weighted by molar-refractivity contribution is 9.12. The van der Waals surface area contributed by atoms with Crippen LogP contribution < -0.4 is 60.1 Å². The molecule has 0 fully saturated rings. The number of guanidine groups is 4. The van der Waals surface area contributed by atoms with E-state index in [1.807, 2.05) is 166 Å². The van der Waals surface area contributed by atoms with Gasteiger partial charge < -0.3 is 60.1 Å². The van der Waals surface area contributed by atoms with E-state index >= 15 is 0 Å². The molecule has 24 nitrogen and oxygen atoms in total. The summed E-state index contributed by atoms with van der Waals surface area (Å²) in [5, 5.41) is 2.21. The summed E-state index contributed by atoms with van der Waals surface area (Å²) in [5.74, 6) is 3.59. The number of para-hydroxylation sites is 4. The smallest absolute Gasteiger partial charge is 0.231 e. The molecule has 14 rings (SSSR count). The second kappa shape index (κ2) is 30.1. The minimum atomic E-state index is -0.317. The molecule has 5 aromatic heterocycles. The van der Waals surface area contributed by atoms with Gasteiger partial charge in [-0.1, -0.05) is 135 Å². The van der Waals surface area contributed by atoms with E-state index in [0.29, 0.717) is 55.1 Å². The molecule has 0 radical (unpaired) electrons. The number of nitrogens with two attached hydrogens (primary N) is 8. The van der Waals surface area contributed by atoms with Crippen LogP contribution >= 0.6 is 61.3 Å². The van der Waals surface area contributed by atoms with E-state index < -0.39 is 0 Å². The van der Waals surface area contributed by atoms with E-state index in [0.717, 1.165) is 85.5 Å². The summed E-state index contributed by atoms with van der Waals surface area (Å²) in [7, 11) is 0. The first-order valence-corrected chi connectivity index (χ1v) is 32.5. The SMILES string of the molecule is C.CC1(C)C=Cc2cc(C(N)=NC(N)=Nc3nc4ccccc4s3)ccc2O1.Cc1cc(C(N)=NC(N)=Nc2nc3ccccc3s2)ccn1.NC(=Nc1nc2ccccc2s1)N=C(N)C1=CCC=C1Br.NC(=Nc1nc2ccccc2s1)N=C(N)c1ccc2c(c1)OCO2. The van der Waals surface area contributed by atoms with E-state index in [2.05, 4.69) is 80.8 Å². The van der Waals surface area contributed by atoms with Crippen LogP contribution in [0.25, 0.3) is 46.9 Å². The number of allylic oxidation sites excluding steroid dienone is 2. The molecular formula is C66H62BrN21O3S4. The zero-order chi connectivity index (χ0) is 65.9. The van der Waals surface area contributed by atoms with Gasteiger partial charge >= 0.3 is 0 Å². The summed E-state index contributed by atoms with van der Waals surface area (Å²) >= 11 is 9.23. The number of amidine groups is 4. The number of halogens is 1. The molecule has 0 spiro atoms. The fourth-order valence-electron chi connectivity index (χ4n) is 8.89. The van der Waals surface area contributed by atoms with E-state index in [9.17, 15) is 0 Å². The molecule has 29 heteroatoms. The lowest BCUT2D eigenvalue weighted by Gasteiger charge is -2.28. The maximum absolute atomic E-state index is 6.12. The topological polar surface area (TPSA) is 399 Å². The Labute approximate surface area is 569 Å². The number of thiazole rings is 4. The second-order valence-corrected chi connectivity index (χ2v) is 25.6. The minimum absolute atomic E-state index is 0. The van der Waals surface area contributed by atoms with Crippen molar-refractivity contribution in [3.05, 3.63) is 208 Å². The fourth-order valence-corrected chi connectivity index (χ4v) is 12.8. The summed E-state index contributed by atoms with van der Waals surface area (Å²) in [5.41, 5.74) is 55.6. The van der Waals surface area contributed by atoms with Gasteiger partial charge in [-0.15, -0.1) is 0 Å². The summed E-state index contributed by atoms with van der Waals surface area (Å²) in [6.07, 6.45) is 10.5. The second-order valence-electron chi connectivity index (χ2n) is 20.7. The van der Waals surface area contributed by atoms with Crippen molar-refractivity contribution >= 4 is 176 Å². The van der Waals surface area contributed by atoms with Gasteiger partial charge in [0.1, 0.15) is 34.7 Å². The van der Waals surface area contributed by atoms with Gasteiger partial charge in [0.2, 0.25) is 51.2 Å². The Hall–Kier alpha value is -11.1. The first-order valence-electron chi connectivity index (χ1n) is 28.4. The number of aromatic nitrogens is 5. The van der Waals surface area contributed by atoms with E-state index in [-0.39, 0.29) is 49.5 Å². The van der Waals surface area contributed by atoms with E-state index in [1.54, 1.807) is 30.5 Å². The summed E-state index contributed by atoms with van der Waals surface area (Å²) in [6, 6.07) is 45.8. The lowest BCUT2D eigenvalue weighted by Crippen LogP contribution is -2.27. The number of ether oxygens (including phenoxy) is 3. The van der Waals surface area contributed by atoms with Gasteiger partial charge in [0.05, 0.1) is 40.9 Å². The zero-order valence-electron chi connectivity index (χ0n) is 50.3. The average Bonchev–Trinajstić information content (AvgIpc) is 1.82. The molecule has 0 saturated carbocycles. The molecule has 6 aromatic carbocycles. The van der Waals surface area contributed by atoms with Crippen LogP contribution in [0.2, 0.25) is 0 Å². The third-order valence-electron chi connectivity index (χ3n) is 13.3. The normalized spacial score (nSPS) is 14.8. The van der Waals surface area contributed by atoms with Gasteiger partial charge in [-0.3, -0.25) is 4.98 Å². The Bertz CT molecular complexity index is 4900. The maximum atomic E-state index is 6.12. The summed E-state index contributed by atoms with van der Waals surface area (Å²) in [4.78, 5) is 55.1. The first kappa shape index (κ1) is 66.8. The van der Waals surface area contributed by atoms with Crippen molar-refractivity contribution in [3.8, 4) is 17.2 Å². The van der Waals surface area contributed by atoms with Crippen LogP contribution in [0, 0.1) is 6.92 Å². The van der Waals surface area contributed by atoms with Gasteiger partial charge in [0.25, 0.3) is 0 Å². The van der Waals surface area contributed by atoms with Crippen LogP contribution in [0.5, 0.6) is 17.2 Å².